The van der Waals surface area contributed by atoms with Gasteiger partial charge in [-0.25, -0.2) is 0 Å². The minimum atomic E-state index is -0.282. The van der Waals surface area contributed by atoms with Crippen LogP contribution in [0.5, 0.6) is 0 Å². The minimum Gasteiger partial charge on any atom is -0.382 e. The van der Waals surface area contributed by atoms with Gasteiger partial charge >= 0.3 is 0 Å². The van der Waals surface area contributed by atoms with Crippen molar-refractivity contribution < 1.29 is 9.53 Å². The zero-order valence-corrected chi connectivity index (χ0v) is 9.08. The summed E-state index contributed by atoms with van der Waals surface area (Å²) in [4.78, 5) is 14.5. The average Bonchev–Trinajstić information content (AvgIpc) is 2.24. The van der Waals surface area contributed by atoms with E-state index in [1.807, 2.05) is 0 Å². The summed E-state index contributed by atoms with van der Waals surface area (Å²) in [6, 6.07) is 0. The van der Waals surface area contributed by atoms with Crippen LogP contribution in [0.3, 0.4) is 0 Å². The molecule has 0 radical (unpaired) electrons. The predicted molar refractivity (Wildman–Crippen MR) is 54.2 cm³/mol. The molecule has 0 amide bonds. The Kier molecular flexibility index (Phi) is 2.62. The van der Waals surface area contributed by atoms with Crippen molar-refractivity contribution in [1.82, 2.24) is 4.90 Å². The zero-order chi connectivity index (χ0) is 10.2. The van der Waals surface area contributed by atoms with Gasteiger partial charge in [-0.1, -0.05) is 6.92 Å². The van der Waals surface area contributed by atoms with Crippen LogP contribution in [0.25, 0.3) is 0 Å². The highest BCUT2D eigenvalue weighted by Gasteiger charge is 2.51. The number of carbonyl (C=O) groups excluding carboxylic acids is 1. The number of Topliss-reactive ketones (excluding diaryl/α,β-unsaturated/α-hetero) is 1. The van der Waals surface area contributed by atoms with Gasteiger partial charge in [0.1, 0.15) is 5.54 Å². The molecule has 3 aliphatic rings. The topological polar surface area (TPSA) is 29.5 Å². The van der Waals surface area contributed by atoms with E-state index in [1.165, 1.54) is 0 Å². The summed E-state index contributed by atoms with van der Waals surface area (Å²) >= 11 is 0. The summed E-state index contributed by atoms with van der Waals surface area (Å²) in [7, 11) is 1.69. The van der Waals surface area contributed by atoms with Crippen LogP contribution in [0.15, 0.2) is 0 Å². The number of nitrogens with zero attached hydrogens (tertiary/aromatic N) is 1. The number of rotatable bonds is 3. The predicted octanol–water partition coefficient (Wildman–Crippen LogP) is 1.08. The van der Waals surface area contributed by atoms with E-state index in [1.54, 1.807) is 7.11 Å². The molecule has 80 valence electrons. The van der Waals surface area contributed by atoms with Crippen LogP contribution < -0.4 is 0 Å². The second-order valence-corrected chi connectivity index (χ2v) is 4.44. The molecule has 1 atom stereocenters. The standard InChI is InChI=1S/C11H19NO2/c1-3-11(8-14-2)10(13)9-4-6-12(11)7-5-9/h9H,3-8H2,1-2H3. The molecule has 0 spiro atoms. The Morgan fingerprint density at radius 1 is 1.50 bits per heavy atom. The van der Waals surface area contributed by atoms with Crippen molar-refractivity contribution in [3.63, 3.8) is 0 Å². The molecule has 3 saturated heterocycles. The summed E-state index contributed by atoms with van der Waals surface area (Å²) < 4.78 is 5.24. The Balaban J connectivity index is 2.26. The van der Waals surface area contributed by atoms with E-state index in [-0.39, 0.29) is 5.54 Å². The molecule has 1 unspecified atom stereocenters. The molecule has 2 bridgehead atoms. The first-order chi connectivity index (χ1) is 6.74. The third-order valence-electron chi connectivity index (χ3n) is 3.90. The van der Waals surface area contributed by atoms with Gasteiger partial charge in [0.2, 0.25) is 0 Å². The lowest BCUT2D eigenvalue weighted by atomic mass is 9.72. The smallest absolute Gasteiger partial charge is 0.158 e. The molecule has 0 aliphatic carbocycles. The van der Waals surface area contributed by atoms with Gasteiger partial charge in [0.05, 0.1) is 6.61 Å². The molecular formula is C11H19NO2. The van der Waals surface area contributed by atoms with Gasteiger partial charge in [-0.15, -0.1) is 0 Å². The van der Waals surface area contributed by atoms with Gasteiger partial charge < -0.3 is 4.74 Å². The molecule has 14 heavy (non-hydrogen) atoms. The molecule has 3 rings (SSSR count). The molecule has 3 nitrogen and oxygen atoms in total. The SMILES string of the molecule is CCC1(COC)C(=O)C2CCN1CC2. The first-order valence-electron chi connectivity index (χ1n) is 5.53. The fraction of sp³-hybridized carbons (Fsp3) is 0.909. The lowest BCUT2D eigenvalue weighted by Gasteiger charge is -2.52. The second-order valence-electron chi connectivity index (χ2n) is 4.44. The fourth-order valence-electron chi connectivity index (χ4n) is 3.01. The van der Waals surface area contributed by atoms with E-state index in [0.717, 1.165) is 32.4 Å². The Morgan fingerprint density at radius 2 is 2.14 bits per heavy atom. The Morgan fingerprint density at radius 3 is 2.57 bits per heavy atom. The molecule has 0 aromatic rings. The number of carbonyl (C=O) groups is 1. The molecule has 3 fully saturated rings. The molecule has 3 aliphatic heterocycles. The van der Waals surface area contributed by atoms with Crippen LogP contribution in [0.1, 0.15) is 26.2 Å². The number of hydrogen-bond donors (Lipinski definition) is 0. The van der Waals surface area contributed by atoms with Crippen LogP contribution >= 0.6 is 0 Å². The summed E-state index contributed by atoms with van der Waals surface area (Å²) in [5.74, 6) is 0.745. The van der Waals surface area contributed by atoms with E-state index in [9.17, 15) is 4.79 Å². The summed E-state index contributed by atoms with van der Waals surface area (Å²) in [5, 5.41) is 0. The zero-order valence-electron chi connectivity index (χ0n) is 9.08. The van der Waals surface area contributed by atoms with Gasteiger partial charge in [-0.3, -0.25) is 9.69 Å². The van der Waals surface area contributed by atoms with E-state index >= 15 is 0 Å². The maximum Gasteiger partial charge on any atom is 0.158 e. The number of methoxy groups -OCH3 is 1. The minimum absolute atomic E-state index is 0.282. The van der Waals surface area contributed by atoms with E-state index in [4.69, 9.17) is 4.74 Å². The van der Waals surface area contributed by atoms with Crippen molar-refractivity contribution in [2.75, 3.05) is 26.8 Å². The third kappa shape index (κ3) is 1.22. The maximum atomic E-state index is 12.2. The van der Waals surface area contributed by atoms with Crippen LogP contribution in [0, 0.1) is 5.92 Å². The van der Waals surface area contributed by atoms with Gasteiger partial charge in [-0.05, 0) is 32.4 Å². The Bertz CT molecular complexity index is 233. The first-order valence-corrected chi connectivity index (χ1v) is 5.53. The number of ether oxygens (including phenoxy) is 1. The van der Waals surface area contributed by atoms with Crippen molar-refractivity contribution in [3.05, 3.63) is 0 Å². The Hall–Kier alpha value is -0.410. The monoisotopic (exact) mass is 197 g/mol. The van der Waals surface area contributed by atoms with Crippen LogP contribution in [-0.4, -0.2) is 43.0 Å². The van der Waals surface area contributed by atoms with Gasteiger partial charge in [0.15, 0.2) is 5.78 Å². The molecule has 0 N–H and O–H groups in total. The fourth-order valence-corrected chi connectivity index (χ4v) is 3.01. The molecular weight excluding hydrogens is 178 g/mol. The molecule has 0 aromatic carbocycles. The molecule has 0 saturated carbocycles. The van der Waals surface area contributed by atoms with Gasteiger partial charge in [0, 0.05) is 13.0 Å². The largest absolute Gasteiger partial charge is 0.382 e. The van der Waals surface area contributed by atoms with Crippen molar-refractivity contribution in [2.24, 2.45) is 5.92 Å². The van der Waals surface area contributed by atoms with Crippen molar-refractivity contribution >= 4 is 5.78 Å². The first kappa shape index (κ1) is 10.1. The lowest BCUT2D eigenvalue weighted by Crippen LogP contribution is -2.66. The van der Waals surface area contributed by atoms with Crippen LogP contribution in [0.4, 0.5) is 0 Å². The highest BCUT2D eigenvalue weighted by Crippen LogP contribution is 2.38. The van der Waals surface area contributed by atoms with E-state index in [0.29, 0.717) is 18.3 Å². The molecule has 0 aromatic heterocycles. The molecule has 3 heterocycles. The lowest BCUT2D eigenvalue weighted by molar-refractivity contribution is -0.153. The highest BCUT2D eigenvalue weighted by molar-refractivity contribution is 5.92. The van der Waals surface area contributed by atoms with Gasteiger partial charge in [-0.2, -0.15) is 0 Å². The quantitative estimate of drug-likeness (QED) is 0.678. The van der Waals surface area contributed by atoms with Crippen molar-refractivity contribution in [3.8, 4) is 0 Å². The molecule has 3 heteroatoms. The third-order valence-corrected chi connectivity index (χ3v) is 3.90. The van der Waals surface area contributed by atoms with E-state index < -0.39 is 0 Å². The summed E-state index contributed by atoms with van der Waals surface area (Å²) in [6.45, 7) is 4.82. The average molecular weight is 197 g/mol. The number of fused-ring (bicyclic) bond motifs is 3. The van der Waals surface area contributed by atoms with E-state index in [2.05, 4.69) is 11.8 Å². The Labute approximate surface area is 85.4 Å². The van der Waals surface area contributed by atoms with Crippen molar-refractivity contribution in [2.45, 2.75) is 31.7 Å². The normalized spacial score (nSPS) is 41.7. The number of ketones is 1. The van der Waals surface area contributed by atoms with Crippen LogP contribution in [-0.2, 0) is 9.53 Å². The number of piperidine rings is 3. The van der Waals surface area contributed by atoms with Crippen molar-refractivity contribution in [1.29, 1.82) is 0 Å². The second kappa shape index (κ2) is 3.63. The summed E-state index contributed by atoms with van der Waals surface area (Å²) in [6.07, 6.45) is 3.00. The number of hydrogen-bond acceptors (Lipinski definition) is 3. The highest BCUT2D eigenvalue weighted by atomic mass is 16.5. The maximum absolute atomic E-state index is 12.2. The summed E-state index contributed by atoms with van der Waals surface area (Å²) in [5.41, 5.74) is -0.282. The van der Waals surface area contributed by atoms with Gasteiger partial charge in [0.25, 0.3) is 0 Å². The van der Waals surface area contributed by atoms with Crippen LogP contribution in [0.2, 0.25) is 0 Å².